The molecular formula is C18H25ClN2O3. The van der Waals surface area contributed by atoms with Gasteiger partial charge in [0.25, 0.3) is 0 Å². The van der Waals surface area contributed by atoms with Crippen molar-refractivity contribution >= 4 is 18.3 Å². The van der Waals surface area contributed by atoms with E-state index in [-0.39, 0.29) is 24.4 Å². The van der Waals surface area contributed by atoms with Crippen LogP contribution in [0.15, 0.2) is 18.2 Å². The minimum atomic E-state index is 0. The lowest BCUT2D eigenvalue weighted by Gasteiger charge is -2.32. The van der Waals surface area contributed by atoms with Crippen LogP contribution >= 0.6 is 12.4 Å². The molecule has 1 aromatic rings. The molecular weight excluding hydrogens is 328 g/mol. The normalized spacial score (nSPS) is 23.7. The van der Waals surface area contributed by atoms with E-state index >= 15 is 0 Å². The van der Waals surface area contributed by atoms with E-state index in [2.05, 4.69) is 16.3 Å². The van der Waals surface area contributed by atoms with Gasteiger partial charge in [-0.3, -0.25) is 4.79 Å². The minimum Gasteiger partial charge on any atom is -0.486 e. The summed E-state index contributed by atoms with van der Waals surface area (Å²) in [4.78, 5) is 15.1. The third-order valence-electron chi connectivity index (χ3n) is 5.18. The number of halogens is 1. The van der Waals surface area contributed by atoms with Gasteiger partial charge in [-0.25, -0.2) is 0 Å². The van der Waals surface area contributed by atoms with Crippen molar-refractivity contribution in [3.05, 3.63) is 23.8 Å². The highest BCUT2D eigenvalue weighted by Crippen LogP contribution is 2.43. The molecule has 0 radical (unpaired) electrons. The molecule has 1 aromatic carbocycles. The number of fused-ring (bicyclic) bond motifs is 1. The van der Waals surface area contributed by atoms with Gasteiger partial charge in [0.05, 0.1) is 6.04 Å². The summed E-state index contributed by atoms with van der Waals surface area (Å²) in [6, 6.07) is 6.18. The fraction of sp³-hybridized carbons (Fsp3) is 0.611. The highest BCUT2D eigenvalue weighted by molar-refractivity contribution is 5.85. The fourth-order valence-corrected chi connectivity index (χ4v) is 4.02. The van der Waals surface area contributed by atoms with Gasteiger partial charge in [-0.2, -0.15) is 0 Å². The van der Waals surface area contributed by atoms with Crippen LogP contribution in [0.25, 0.3) is 0 Å². The van der Waals surface area contributed by atoms with Gasteiger partial charge in [0.1, 0.15) is 13.2 Å². The second-order valence-electron chi connectivity index (χ2n) is 6.59. The Kier molecular flexibility index (Phi) is 5.51. The molecule has 6 heteroatoms. The van der Waals surface area contributed by atoms with Crippen molar-refractivity contribution in [2.45, 2.75) is 31.7 Å². The molecule has 0 bridgehead atoms. The van der Waals surface area contributed by atoms with Gasteiger partial charge in [-0.1, -0.05) is 12.1 Å². The number of hydrogen-bond acceptors (Lipinski definition) is 4. The molecule has 1 N–H and O–H groups in total. The predicted octanol–water partition coefficient (Wildman–Crippen LogP) is 2.54. The van der Waals surface area contributed by atoms with Gasteiger partial charge in [0, 0.05) is 18.0 Å². The first-order valence-corrected chi connectivity index (χ1v) is 8.74. The molecule has 2 fully saturated rings. The van der Waals surface area contributed by atoms with Crippen molar-refractivity contribution in [1.29, 1.82) is 0 Å². The Morgan fingerprint density at radius 3 is 2.75 bits per heavy atom. The molecule has 0 aromatic heterocycles. The molecule has 5 nitrogen and oxygen atoms in total. The number of hydrogen-bond donors (Lipinski definition) is 1. The fourth-order valence-electron chi connectivity index (χ4n) is 4.02. The monoisotopic (exact) mass is 352 g/mol. The maximum Gasteiger partial charge on any atom is 0.226 e. The zero-order valence-corrected chi connectivity index (χ0v) is 14.6. The Labute approximate surface area is 149 Å². The second kappa shape index (κ2) is 7.62. The first-order valence-electron chi connectivity index (χ1n) is 8.74. The van der Waals surface area contributed by atoms with Crippen molar-refractivity contribution < 1.29 is 14.3 Å². The molecule has 3 aliphatic heterocycles. The van der Waals surface area contributed by atoms with Gasteiger partial charge in [-0.15, -0.1) is 12.4 Å². The van der Waals surface area contributed by atoms with Crippen LogP contribution in [-0.4, -0.2) is 43.7 Å². The van der Waals surface area contributed by atoms with Gasteiger partial charge in [0.2, 0.25) is 5.91 Å². The number of amides is 1. The topological polar surface area (TPSA) is 50.8 Å². The maximum absolute atomic E-state index is 13.0. The highest BCUT2D eigenvalue weighted by Gasteiger charge is 2.36. The number of ether oxygens (including phenoxy) is 2. The maximum atomic E-state index is 13.0. The summed E-state index contributed by atoms with van der Waals surface area (Å²) in [6.45, 7) is 3.94. The van der Waals surface area contributed by atoms with Crippen LogP contribution in [-0.2, 0) is 4.79 Å². The Balaban J connectivity index is 0.00000169. The quantitative estimate of drug-likeness (QED) is 0.888. The molecule has 0 aliphatic carbocycles. The lowest BCUT2D eigenvalue weighted by molar-refractivity contribution is -0.137. The first kappa shape index (κ1) is 17.4. The zero-order chi connectivity index (χ0) is 15.6. The average molecular weight is 353 g/mol. The summed E-state index contributed by atoms with van der Waals surface area (Å²) in [5.41, 5.74) is 1.11. The van der Waals surface area contributed by atoms with Crippen LogP contribution in [0.1, 0.15) is 37.3 Å². The molecule has 1 atom stereocenters. The first-order chi connectivity index (χ1) is 11.3. The van der Waals surface area contributed by atoms with E-state index in [0.29, 0.717) is 19.1 Å². The highest BCUT2D eigenvalue weighted by atomic mass is 35.5. The van der Waals surface area contributed by atoms with Crippen LogP contribution in [0.5, 0.6) is 11.5 Å². The standard InChI is InChI=1S/C18H24N2O3.ClH/c21-18(13-6-8-19-9-7-13)20-10-2-4-15(20)14-3-1-5-16-17(14)23-12-11-22-16;/h1,3,5,13,15,19H,2,4,6-12H2;1H. The van der Waals surface area contributed by atoms with Gasteiger partial charge in [-0.05, 0) is 44.8 Å². The van der Waals surface area contributed by atoms with Crippen molar-refractivity contribution in [1.82, 2.24) is 10.2 Å². The Morgan fingerprint density at radius 2 is 1.92 bits per heavy atom. The van der Waals surface area contributed by atoms with Crippen molar-refractivity contribution in [3.8, 4) is 11.5 Å². The average Bonchev–Trinajstić information content (AvgIpc) is 3.11. The number of likely N-dealkylation sites (tertiary alicyclic amines) is 1. The molecule has 2 saturated heterocycles. The summed E-state index contributed by atoms with van der Waals surface area (Å²) >= 11 is 0. The molecule has 24 heavy (non-hydrogen) atoms. The number of benzene rings is 1. The van der Waals surface area contributed by atoms with E-state index in [1.54, 1.807) is 0 Å². The van der Waals surface area contributed by atoms with Crippen molar-refractivity contribution in [2.24, 2.45) is 5.92 Å². The van der Waals surface area contributed by atoms with E-state index in [1.807, 2.05) is 12.1 Å². The largest absolute Gasteiger partial charge is 0.486 e. The van der Waals surface area contributed by atoms with Crippen LogP contribution in [0.2, 0.25) is 0 Å². The molecule has 1 unspecified atom stereocenters. The zero-order valence-electron chi connectivity index (χ0n) is 13.8. The summed E-state index contributed by atoms with van der Waals surface area (Å²) in [5.74, 6) is 2.15. The summed E-state index contributed by atoms with van der Waals surface area (Å²) in [5, 5.41) is 3.34. The number of carbonyl (C=O) groups excluding carboxylic acids is 1. The van der Waals surface area contributed by atoms with Crippen LogP contribution in [0, 0.1) is 5.92 Å². The molecule has 3 aliphatic rings. The van der Waals surface area contributed by atoms with E-state index in [0.717, 1.165) is 62.4 Å². The second-order valence-corrected chi connectivity index (χ2v) is 6.59. The third kappa shape index (κ3) is 3.20. The number of carbonyl (C=O) groups is 1. The SMILES string of the molecule is Cl.O=C(C1CCNCC1)N1CCCC1c1cccc2c1OCCO2. The van der Waals surface area contributed by atoms with E-state index in [9.17, 15) is 4.79 Å². The summed E-state index contributed by atoms with van der Waals surface area (Å²) in [6.07, 6.45) is 3.98. The van der Waals surface area contributed by atoms with Gasteiger partial charge >= 0.3 is 0 Å². The van der Waals surface area contributed by atoms with E-state index < -0.39 is 0 Å². The van der Waals surface area contributed by atoms with Crippen LogP contribution < -0.4 is 14.8 Å². The third-order valence-corrected chi connectivity index (χ3v) is 5.18. The van der Waals surface area contributed by atoms with Crippen LogP contribution in [0.4, 0.5) is 0 Å². The lowest BCUT2D eigenvalue weighted by Crippen LogP contribution is -2.40. The Bertz CT molecular complexity index is 590. The Hall–Kier alpha value is -1.46. The molecule has 132 valence electrons. The van der Waals surface area contributed by atoms with Crippen molar-refractivity contribution in [2.75, 3.05) is 32.8 Å². The summed E-state index contributed by atoms with van der Waals surface area (Å²) < 4.78 is 11.6. The minimum absolute atomic E-state index is 0. The molecule has 0 spiro atoms. The molecule has 1 amide bonds. The Morgan fingerprint density at radius 1 is 1.12 bits per heavy atom. The number of nitrogens with one attached hydrogen (secondary N) is 1. The smallest absolute Gasteiger partial charge is 0.226 e. The molecule has 0 saturated carbocycles. The summed E-state index contributed by atoms with van der Waals surface area (Å²) in [7, 11) is 0. The van der Waals surface area contributed by atoms with Gasteiger partial charge < -0.3 is 19.7 Å². The number of para-hydroxylation sites is 1. The number of rotatable bonds is 2. The van der Waals surface area contributed by atoms with Gasteiger partial charge in [0.15, 0.2) is 11.5 Å². The number of nitrogens with zero attached hydrogens (tertiary/aromatic N) is 1. The van der Waals surface area contributed by atoms with Crippen LogP contribution in [0.3, 0.4) is 0 Å². The lowest BCUT2D eigenvalue weighted by atomic mass is 9.95. The predicted molar refractivity (Wildman–Crippen MR) is 94.0 cm³/mol. The van der Waals surface area contributed by atoms with E-state index in [1.165, 1.54) is 0 Å². The number of piperidine rings is 1. The van der Waals surface area contributed by atoms with E-state index in [4.69, 9.17) is 9.47 Å². The van der Waals surface area contributed by atoms with Crippen molar-refractivity contribution in [3.63, 3.8) is 0 Å². The molecule has 4 rings (SSSR count). The molecule has 3 heterocycles.